The minimum Gasteiger partial charge on any atom is -0.375 e. The molecule has 1 amide bonds. The van der Waals surface area contributed by atoms with Crippen molar-refractivity contribution in [2.24, 2.45) is 0 Å². The summed E-state index contributed by atoms with van der Waals surface area (Å²) < 4.78 is 24.4. The molecule has 2 aromatic rings. The molecule has 1 aromatic carbocycles. The van der Waals surface area contributed by atoms with Gasteiger partial charge in [0.2, 0.25) is 17.6 Å². The van der Waals surface area contributed by atoms with Crippen molar-refractivity contribution >= 4 is 5.91 Å². The third-order valence-corrected chi connectivity index (χ3v) is 4.20. The van der Waals surface area contributed by atoms with Gasteiger partial charge in [-0.1, -0.05) is 17.3 Å². The van der Waals surface area contributed by atoms with Gasteiger partial charge < -0.3 is 19.9 Å². The standard InChI is InChI=1S/C17H21FN4O3/c1-9-4-5-12(8-13(9)18)15-21-17(25-22-15)10(2)20-16(23)14-11(3)24-7-6-19-14/h4-5,8,10-11,14,19H,6-7H2,1-3H3,(H,20,23)/t10?,11-,14+/m1/s1. The number of rotatable bonds is 4. The Morgan fingerprint density at radius 3 is 3.00 bits per heavy atom. The van der Waals surface area contributed by atoms with Gasteiger partial charge in [0.05, 0.1) is 12.7 Å². The van der Waals surface area contributed by atoms with Crippen LogP contribution < -0.4 is 10.6 Å². The van der Waals surface area contributed by atoms with E-state index in [0.717, 1.165) is 0 Å². The Balaban J connectivity index is 1.68. The first-order valence-electron chi connectivity index (χ1n) is 8.21. The molecule has 0 radical (unpaired) electrons. The van der Waals surface area contributed by atoms with Crippen molar-refractivity contribution < 1.29 is 18.4 Å². The number of amides is 1. The summed E-state index contributed by atoms with van der Waals surface area (Å²) in [5.41, 5.74) is 1.07. The van der Waals surface area contributed by atoms with Crippen molar-refractivity contribution in [2.45, 2.75) is 39.0 Å². The molecule has 3 atom stereocenters. The SMILES string of the molecule is Cc1ccc(-c2noc(C(C)NC(=O)[C@H]3NCCO[C@@H]3C)n2)cc1F. The maximum Gasteiger partial charge on any atom is 0.249 e. The highest BCUT2D eigenvalue weighted by Gasteiger charge is 2.30. The first kappa shape index (κ1) is 17.5. The number of halogens is 1. The zero-order valence-electron chi connectivity index (χ0n) is 14.4. The van der Waals surface area contributed by atoms with Gasteiger partial charge in [-0.05, 0) is 32.4 Å². The fourth-order valence-corrected chi connectivity index (χ4v) is 2.65. The van der Waals surface area contributed by atoms with E-state index in [0.29, 0.717) is 24.3 Å². The van der Waals surface area contributed by atoms with E-state index in [1.54, 1.807) is 26.0 Å². The molecule has 2 N–H and O–H groups in total. The van der Waals surface area contributed by atoms with Crippen LogP contribution in [0.4, 0.5) is 4.39 Å². The number of carbonyl (C=O) groups is 1. The predicted octanol–water partition coefficient (Wildman–Crippen LogP) is 1.74. The molecule has 134 valence electrons. The van der Waals surface area contributed by atoms with Crippen LogP contribution in [-0.4, -0.2) is 41.3 Å². The number of hydrogen-bond donors (Lipinski definition) is 2. The Labute approximate surface area is 144 Å². The summed E-state index contributed by atoms with van der Waals surface area (Å²) in [5.74, 6) is 0.0135. The molecule has 0 bridgehead atoms. The van der Waals surface area contributed by atoms with E-state index in [4.69, 9.17) is 9.26 Å². The Morgan fingerprint density at radius 1 is 1.48 bits per heavy atom. The van der Waals surface area contributed by atoms with Crippen LogP contribution in [0.2, 0.25) is 0 Å². The van der Waals surface area contributed by atoms with Gasteiger partial charge in [-0.3, -0.25) is 4.79 Å². The maximum absolute atomic E-state index is 13.7. The number of ether oxygens (including phenoxy) is 1. The van der Waals surface area contributed by atoms with Crippen molar-refractivity contribution in [1.82, 2.24) is 20.8 Å². The van der Waals surface area contributed by atoms with Crippen molar-refractivity contribution in [2.75, 3.05) is 13.2 Å². The highest BCUT2D eigenvalue weighted by Crippen LogP contribution is 2.21. The number of carbonyl (C=O) groups excluding carboxylic acids is 1. The van der Waals surface area contributed by atoms with E-state index in [-0.39, 0.29) is 29.5 Å². The number of benzene rings is 1. The molecular weight excluding hydrogens is 327 g/mol. The minimum atomic E-state index is -0.472. The number of aromatic nitrogens is 2. The van der Waals surface area contributed by atoms with Gasteiger partial charge in [0.25, 0.3) is 0 Å². The summed E-state index contributed by atoms with van der Waals surface area (Å²) in [6.45, 7) is 6.49. The van der Waals surface area contributed by atoms with Crippen LogP contribution in [0, 0.1) is 12.7 Å². The van der Waals surface area contributed by atoms with Crippen molar-refractivity contribution in [3.63, 3.8) is 0 Å². The number of hydrogen-bond acceptors (Lipinski definition) is 6. The van der Waals surface area contributed by atoms with Crippen LogP contribution in [0.25, 0.3) is 11.4 Å². The van der Waals surface area contributed by atoms with Crippen molar-refractivity contribution in [3.05, 3.63) is 35.5 Å². The molecule has 0 aliphatic carbocycles. The second-order valence-corrected chi connectivity index (χ2v) is 6.16. The average Bonchev–Trinajstić information content (AvgIpc) is 3.08. The van der Waals surface area contributed by atoms with E-state index in [1.165, 1.54) is 6.07 Å². The molecule has 2 heterocycles. The Hall–Kier alpha value is -2.32. The monoisotopic (exact) mass is 348 g/mol. The number of morpholine rings is 1. The molecular formula is C17H21FN4O3. The molecule has 25 heavy (non-hydrogen) atoms. The van der Waals surface area contributed by atoms with Gasteiger partial charge in [0.15, 0.2) is 0 Å². The van der Waals surface area contributed by atoms with Crippen LogP contribution in [0.15, 0.2) is 22.7 Å². The molecule has 1 aliphatic rings. The second-order valence-electron chi connectivity index (χ2n) is 6.16. The van der Waals surface area contributed by atoms with Crippen LogP contribution in [-0.2, 0) is 9.53 Å². The first-order valence-corrected chi connectivity index (χ1v) is 8.21. The van der Waals surface area contributed by atoms with Gasteiger partial charge in [0, 0.05) is 12.1 Å². The second kappa shape index (κ2) is 7.28. The molecule has 1 unspecified atom stereocenters. The fraction of sp³-hybridized carbons (Fsp3) is 0.471. The summed E-state index contributed by atoms with van der Waals surface area (Å²) in [5, 5.41) is 9.82. The van der Waals surface area contributed by atoms with Gasteiger partial charge in [-0.2, -0.15) is 4.98 Å². The predicted molar refractivity (Wildman–Crippen MR) is 88.2 cm³/mol. The zero-order valence-corrected chi connectivity index (χ0v) is 14.4. The van der Waals surface area contributed by atoms with Crippen LogP contribution in [0.5, 0.6) is 0 Å². The Bertz CT molecular complexity index is 764. The number of aryl methyl sites for hydroxylation is 1. The van der Waals surface area contributed by atoms with Crippen molar-refractivity contribution in [3.8, 4) is 11.4 Å². The molecule has 1 fully saturated rings. The van der Waals surface area contributed by atoms with E-state index < -0.39 is 12.1 Å². The minimum absolute atomic E-state index is 0.194. The maximum atomic E-state index is 13.7. The van der Waals surface area contributed by atoms with Crippen LogP contribution >= 0.6 is 0 Å². The van der Waals surface area contributed by atoms with Gasteiger partial charge in [-0.25, -0.2) is 4.39 Å². The number of nitrogens with one attached hydrogen (secondary N) is 2. The summed E-state index contributed by atoms with van der Waals surface area (Å²) in [6.07, 6.45) is -0.213. The third kappa shape index (κ3) is 3.85. The lowest BCUT2D eigenvalue weighted by molar-refractivity contribution is -0.129. The fourth-order valence-electron chi connectivity index (χ4n) is 2.65. The van der Waals surface area contributed by atoms with Crippen LogP contribution in [0.1, 0.15) is 31.3 Å². The van der Waals surface area contributed by atoms with E-state index in [2.05, 4.69) is 20.8 Å². The van der Waals surface area contributed by atoms with Gasteiger partial charge in [-0.15, -0.1) is 0 Å². The lowest BCUT2D eigenvalue weighted by Gasteiger charge is -2.29. The topological polar surface area (TPSA) is 89.3 Å². The summed E-state index contributed by atoms with van der Waals surface area (Å²) in [4.78, 5) is 16.6. The van der Waals surface area contributed by atoms with Gasteiger partial charge >= 0.3 is 0 Å². The molecule has 3 rings (SSSR count). The highest BCUT2D eigenvalue weighted by atomic mass is 19.1. The zero-order chi connectivity index (χ0) is 18.0. The largest absolute Gasteiger partial charge is 0.375 e. The molecule has 0 saturated carbocycles. The van der Waals surface area contributed by atoms with E-state index in [1.807, 2.05) is 6.92 Å². The summed E-state index contributed by atoms with van der Waals surface area (Å²) in [7, 11) is 0. The van der Waals surface area contributed by atoms with E-state index in [9.17, 15) is 9.18 Å². The summed E-state index contributed by atoms with van der Waals surface area (Å²) in [6, 6.07) is 3.84. The Kier molecular flexibility index (Phi) is 5.10. The number of nitrogens with zero attached hydrogens (tertiary/aromatic N) is 2. The third-order valence-electron chi connectivity index (χ3n) is 4.20. The van der Waals surface area contributed by atoms with Gasteiger partial charge in [0.1, 0.15) is 17.9 Å². The van der Waals surface area contributed by atoms with Crippen molar-refractivity contribution in [1.29, 1.82) is 0 Å². The van der Waals surface area contributed by atoms with E-state index >= 15 is 0 Å². The Morgan fingerprint density at radius 2 is 2.28 bits per heavy atom. The molecule has 1 saturated heterocycles. The highest BCUT2D eigenvalue weighted by molar-refractivity contribution is 5.82. The average molecular weight is 348 g/mol. The smallest absolute Gasteiger partial charge is 0.249 e. The van der Waals surface area contributed by atoms with Crippen LogP contribution in [0.3, 0.4) is 0 Å². The summed E-state index contributed by atoms with van der Waals surface area (Å²) >= 11 is 0. The lowest BCUT2D eigenvalue weighted by Crippen LogP contribution is -2.55. The molecule has 8 heteroatoms. The normalized spacial score (nSPS) is 21.8. The molecule has 1 aliphatic heterocycles. The molecule has 0 spiro atoms. The molecule has 7 nitrogen and oxygen atoms in total. The first-order chi connectivity index (χ1) is 12.0. The lowest BCUT2D eigenvalue weighted by atomic mass is 10.1. The quantitative estimate of drug-likeness (QED) is 0.875. The molecule has 1 aromatic heterocycles.